The summed E-state index contributed by atoms with van der Waals surface area (Å²) < 4.78 is 4.06. The minimum absolute atomic E-state index is 0.00648. The molecule has 0 aliphatic carbocycles. The Balaban J connectivity index is 1.68. The van der Waals surface area contributed by atoms with Gasteiger partial charge in [-0.2, -0.15) is 5.10 Å². The van der Waals surface area contributed by atoms with Crippen molar-refractivity contribution in [3.05, 3.63) is 77.4 Å². The number of aromatic nitrogens is 4. The molecule has 0 N–H and O–H groups in total. The second-order valence-electron chi connectivity index (χ2n) is 7.44. The van der Waals surface area contributed by atoms with Crippen molar-refractivity contribution in [1.29, 1.82) is 0 Å². The number of nitrogens with zero attached hydrogens (tertiary/aromatic N) is 5. The van der Waals surface area contributed by atoms with E-state index in [1.54, 1.807) is 11.8 Å². The third-order valence-electron chi connectivity index (χ3n) is 5.23. The molecule has 0 spiro atoms. The number of imidazole rings is 1. The number of carbonyl (C=O) groups excluding carboxylic acids is 1. The van der Waals surface area contributed by atoms with Crippen LogP contribution in [0.2, 0.25) is 0 Å². The predicted molar refractivity (Wildman–Crippen MR) is 115 cm³/mol. The fourth-order valence-corrected chi connectivity index (χ4v) is 3.67. The van der Waals surface area contributed by atoms with Gasteiger partial charge in [-0.1, -0.05) is 30.3 Å². The molecule has 0 aliphatic heterocycles. The number of anilines is 1. The maximum atomic E-state index is 12.3. The molecule has 0 atom stereocenters. The van der Waals surface area contributed by atoms with Crippen molar-refractivity contribution >= 4 is 22.6 Å². The first-order valence-electron chi connectivity index (χ1n) is 9.71. The Labute approximate surface area is 170 Å². The Morgan fingerprint density at radius 3 is 2.48 bits per heavy atom. The zero-order valence-electron chi connectivity index (χ0n) is 17.3. The third-order valence-corrected chi connectivity index (χ3v) is 5.23. The molecule has 6 heteroatoms. The molecule has 0 fully saturated rings. The van der Waals surface area contributed by atoms with Gasteiger partial charge in [0.15, 0.2) is 0 Å². The number of rotatable bonds is 5. The number of amides is 1. The summed E-state index contributed by atoms with van der Waals surface area (Å²) in [5, 5.41) is 4.54. The maximum Gasteiger partial charge on any atom is 0.224 e. The number of benzene rings is 2. The number of aryl methyl sites for hydroxylation is 3. The van der Waals surface area contributed by atoms with Crippen LogP contribution in [0.1, 0.15) is 29.7 Å². The van der Waals surface area contributed by atoms with Crippen molar-refractivity contribution in [2.75, 3.05) is 4.90 Å². The second kappa shape index (κ2) is 7.54. The van der Waals surface area contributed by atoms with Crippen molar-refractivity contribution in [1.82, 2.24) is 19.3 Å². The van der Waals surface area contributed by atoms with Gasteiger partial charge in [-0.05, 0) is 43.7 Å². The van der Waals surface area contributed by atoms with Gasteiger partial charge in [0.2, 0.25) is 5.91 Å². The van der Waals surface area contributed by atoms with Gasteiger partial charge in [-0.3, -0.25) is 9.48 Å². The van der Waals surface area contributed by atoms with Crippen molar-refractivity contribution in [3.8, 4) is 0 Å². The van der Waals surface area contributed by atoms with Crippen LogP contribution >= 0.6 is 0 Å². The standard InChI is InChI=1S/C23H25N5O/c1-16-12-17(2)28(25-16)15-23-24-21-13-20(10-11-22(21)26(23)4)27(18(3)29)14-19-8-6-5-7-9-19/h5-13H,14-15H2,1-4H3. The number of hydrogen-bond acceptors (Lipinski definition) is 3. The lowest BCUT2D eigenvalue weighted by molar-refractivity contribution is -0.116. The van der Waals surface area contributed by atoms with Crippen LogP contribution in [0.3, 0.4) is 0 Å². The molecular formula is C23H25N5O. The van der Waals surface area contributed by atoms with Gasteiger partial charge in [0.25, 0.3) is 0 Å². The average molecular weight is 387 g/mol. The Morgan fingerprint density at radius 2 is 1.83 bits per heavy atom. The van der Waals surface area contributed by atoms with E-state index >= 15 is 0 Å². The molecule has 0 aliphatic rings. The van der Waals surface area contributed by atoms with E-state index in [0.717, 1.165) is 39.5 Å². The van der Waals surface area contributed by atoms with E-state index < -0.39 is 0 Å². The zero-order chi connectivity index (χ0) is 20.5. The summed E-state index contributed by atoms with van der Waals surface area (Å²) in [6, 6.07) is 18.1. The van der Waals surface area contributed by atoms with Crippen LogP contribution in [0, 0.1) is 13.8 Å². The summed E-state index contributed by atoms with van der Waals surface area (Å²) in [5.41, 5.74) is 5.97. The van der Waals surface area contributed by atoms with Gasteiger partial charge in [0, 0.05) is 25.4 Å². The van der Waals surface area contributed by atoms with Gasteiger partial charge < -0.3 is 9.47 Å². The molecule has 4 aromatic rings. The molecule has 0 saturated heterocycles. The lowest BCUT2D eigenvalue weighted by atomic mass is 10.2. The predicted octanol–water partition coefficient (Wildman–Crippen LogP) is 3.99. The molecule has 2 aromatic heterocycles. The van der Waals surface area contributed by atoms with Crippen LogP contribution in [-0.2, 0) is 24.9 Å². The van der Waals surface area contributed by atoms with E-state index in [1.807, 2.05) is 67.2 Å². The Kier molecular flexibility index (Phi) is 4.92. The number of hydrogen-bond donors (Lipinski definition) is 0. The molecule has 29 heavy (non-hydrogen) atoms. The smallest absolute Gasteiger partial charge is 0.224 e. The first-order chi connectivity index (χ1) is 13.9. The fourth-order valence-electron chi connectivity index (χ4n) is 3.67. The fraction of sp³-hybridized carbons (Fsp3) is 0.261. The topological polar surface area (TPSA) is 56.0 Å². The highest BCUT2D eigenvalue weighted by atomic mass is 16.2. The SMILES string of the molecule is CC(=O)N(Cc1ccccc1)c1ccc2c(c1)nc(Cn1nc(C)cc1C)n2C. The van der Waals surface area contributed by atoms with E-state index in [1.165, 1.54) is 0 Å². The Morgan fingerprint density at radius 1 is 1.07 bits per heavy atom. The average Bonchev–Trinajstić information content (AvgIpc) is 3.18. The highest BCUT2D eigenvalue weighted by molar-refractivity contribution is 5.93. The summed E-state index contributed by atoms with van der Waals surface area (Å²) in [7, 11) is 2.02. The summed E-state index contributed by atoms with van der Waals surface area (Å²) in [6.45, 7) is 6.79. The minimum Gasteiger partial charge on any atom is -0.330 e. The van der Waals surface area contributed by atoms with Gasteiger partial charge in [-0.15, -0.1) is 0 Å². The highest BCUT2D eigenvalue weighted by Gasteiger charge is 2.16. The van der Waals surface area contributed by atoms with Gasteiger partial charge in [-0.25, -0.2) is 4.98 Å². The zero-order valence-corrected chi connectivity index (χ0v) is 17.3. The van der Waals surface area contributed by atoms with Crippen LogP contribution < -0.4 is 4.90 Å². The monoisotopic (exact) mass is 387 g/mol. The first kappa shape index (κ1) is 18.9. The van der Waals surface area contributed by atoms with E-state index in [0.29, 0.717) is 13.1 Å². The van der Waals surface area contributed by atoms with Gasteiger partial charge in [0.1, 0.15) is 5.82 Å². The molecule has 148 valence electrons. The van der Waals surface area contributed by atoms with Crippen LogP contribution in [0.15, 0.2) is 54.6 Å². The van der Waals surface area contributed by atoms with Gasteiger partial charge >= 0.3 is 0 Å². The molecule has 2 heterocycles. The molecule has 0 radical (unpaired) electrons. The molecule has 6 nitrogen and oxygen atoms in total. The summed E-state index contributed by atoms with van der Waals surface area (Å²) >= 11 is 0. The quantitative estimate of drug-likeness (QED) is 0.520. The van der Waals surface area contributed by atoms with Crippen LogP contribution in [-0.4, -0.2) is 25.2 Å². The van der Waals surface area contributed by atoms with Crippen molar-refractivity contribution < 1.29 is 4.79 Å². The molecule has 0 saturated carbocycles. The maximum absolute atomic E-state index is 12.3. The van der Waals surface area contributed by atoms with Crippen LogP contribution in [0.5, 0.6) is 0 Å². The van der Waals surface area contributed by atoms with Gasteiger partial charge in [0.05, 0.1) is 29.8 Å². The Bertz CT molecular complexity index is 1170. The molecular weight excluding hydrogens is 362 g/mol. The van der Waals surface area contributed by atoms with Crippen molar-refractivity contribution in [2.24, 2.45) is 7.05 Å². The van der Waals surface area contributed by atoms with Crippen molar-refractivity contribution in [2.45, 2.75) is 33.9 Å². The van der Waals surface area contributed by atoms with Crippen LogP contribution in [0.25, 0.3) is 11.0 Å². The number of fused-ring (bicyclic) bond motifs is 1. The third kappa shape index (κ3) is 3.78. The summed E-state index contributed by atoms with van der Waals surface area (Å²) in [6.07, 6.45) is 0. The molecule has 2 aromatic carbocycles. The Hall–Kier alpha value is -3.41. The summed E-state index contributed by atoms with van der Waals surface area (Å²) in [4.78, 5) is 18.9. The van der Waals surface area contributed by atoms with E-state index in [2.05, 4.69) is 22.7 Å². The first-order valence-corrected chi connectivity index (χ1v) is 9.71. The molecule has 0 unspecified atom stereocenters. The normalized spacial score (nSPS) is 11.2. The van der Waals surface area contributed by atoms with Crippen molar-refractivity contribution in [3.63, 3.8) is 0 Å². The summed E-state index contributed by atoms with van der Waals surface area (Å²) in [5.74, 6) is 0.938. The minimum atomic E-state index is 0.00648. The number of carbonyl (C=O) groups is 1. The largest absolute Gasteiger partial charge is 0.330 e. The molecule has 4 rings (SSSR count). The lowest BCUT2D eigenvalue weighted by Gasteiger charge is -2.21. The van der Waals surface area contributed by atoms with E-state index in [-0.39, 0.29) is 5.91 Å². The second-order valence-corrected chi connectivity index (χ2v) is 7.44. The molecule has 0 bridgehead atoms. The van der Waals surface area contributed by atoms with E-state index in [4.69, 9.17) is 4.98 Å². The lowest BCUT2D eigenvalue weighted by Crippen LogP contribution is -2.27. The van der Waals surface area contributed by atoms with Crippen LogP contribution in [0.4, 0.5) is 5.69 Å². The molecule has 1 amide bonds. The van der Waals surface area contributed by atoms with E-state index in [9.17, 15) is 4.79 Å². The highest BCUT2D eigenvalue weighted by Crippen LogP contribution is 2.24.